The van der Waals surface area contributed by atoms with Gasteiger partial charge in [0.15, 0.2) is 0 Å². The van der Waals surface area contributed by atoms with Gasteiger partial charge in [-0.05, 0) is 12.1 Å². The fourth-order valence-electron chi connectivity index (χ4n) is 2.38. The topological polar surface area (TPSA) is 55.2 Å². The van der Waals surface area contributed by atoms with E-state index in [0.29, 0.717) is 5.39 Å². The molecule has 0 aliphatic heterocycles. The third-order valence-electron chi connectivity index (χ3n) is 3.38. The number of hydrogen-bond donors (Lipinski definition) is 0. The number of fused-ring (bicyclic) bond motifs is 1. The van der Waals surface area contributed by atoms with Crippen LogP contribution in [0.4, 0.5) is 5.69 Å². The van der Waals surface area contributed by atoms with E-state index < -0.39 is 10.0 Å². The van der Waals surface area contributed by atoms with Gasteiger partial charge >= 0.3 is 0 Å². The summed E-state index contributed by atoms with van der Waals surface area (Å²) in [5.41, 5.74) is 0.982. The lowest BCUT2D eigenvalue weighted by atomic mass is 10.1. The first-order valence-electron chi connectivity index (χ1n) is 6.44. The Hall–Kier alpha value is -2.34. The minimum absolute atomic E-state index is 0.279. The molecule has 0 aliphatic carbocycles. The van der Waals surface area contributed by atoms with Crippen LogP contribution in [0.15, 0.2) is 60.0 Å². The molecular formula is C15H15N3O2S. The summed E-state index contributed by atoms with van der Waals surface area (Å²) in [6.45, 7) is 0. The van der Waals surface area contributed by atoms with Crippen molar-refractivity contribution in [2.24, 2.45) is 0 Å². The van der Waals surface area contributed by atoms with E-state index in [2.05, 4.69) is 4.98 Å². The fraction of sp³-hybridized carbons (Fsp3) is 0.133. The van der Waals surface area contributed by atoms with Gasteiger partial charge in [-0.3, -0.25) is 0 Å². The summed E-state index contributed by atoms with van der Waals surface area (Å²) in [6.07, 6.45) is 4.18. The summed E-state index contributed by atoms with van der Waals surface area (Å²) >= 11 is 0. The fourth-order valence-corrected chi connectivity index (χ4v) is 3.71. The third-order valence-corrected chi connectivity index (χ3v) is 5.06. The zero-order chi connectivity index (χ0) is 15.0. The van der Waals surface area contributed by atoms with Gasteiger partial charge in [0.25, 0.3) is 10.0 Å². The molecule has 0 N–H and O–H groups in total. The molecule has 0 fully saturated rings. The van der Waals surface area contributed by atoms with Crippen LogP contribution in [0, 0.1) is 0 Å². The lowest BCUT2D eigenvalue weighted by molar-refractivity contribution is 0.588. The molecule has 0 unspecified atom stereocenters. The highest BCUT2D eigenvalue weighted by Gasteiger charge is 2.19. The SMILES string of the molecule is CN(C)c1cccc2c(S(=O)(=O)n3ccnc3)cccc12. The van der Waals surface area contributed by atoms with Crippen molar-refractivity contribution in [3.05, 3.63) is 55.1 Å². The van der Waals surface area contributed by atoms with Crippen molar-refractivity contribution >= 4 is 26.5 Å². The van der Waals surface area contributed by atoms with Gasteiger partial charge in [-0.2, -0.15) is 0 Å². The summed E-state index contributed by atoms with van der Waals surface area (Å²) in [4.78, 5) is 6.06. The van der Waals surface area contributed by atoms with Crippen LogP contribution in [0.3, 0.4) is 0 Å². The molecule has 3 rings (SSSR count). The first-order chi connectivity index (χ1) is 10.0. The van der Waals surface area contributed by atoms with Crippen LogP contribution in [0.1, 0.15) is 0 Å². The average Bonchev–Trinajstić information content (AvgIpc) is 3.00. The van der Waals surface area contributed by atoms with Gasteiger partial charge < -0.3 is 4.90 Å². The maximum atomic E-state index is 12.7. The Morgan fingerprint density at radius 1 is 1.05 bits per heavy atom. The smallest absolute Gasteiger partial charge is 0.269 e. The Labute approximate surface area is 123 Å². The number of imidazole rings is 1. The van der Waals surface area contributed by atoms with Gasteiger partial charge in [0.1, 0.15) is 6.33 Å². The highest BCUT2D eigenvalue weighted by Crippen LogP contribution is 2.30. The summed E-state index contributed by atoms with van der Waals surface area (Å²) in [5.74, 6) is 0. The predicted molar refractivity (Wildman–Crippen MR) is 83.1 cm³/mol. The second kappa shape index (κ2) is 4.89. The van der Waals surface area contributed by atoms with Crippen LogP contribution in [0.5, 0.6) is 0 Å². The maximum Gasteiger partial charge on any atom is 0.269 e. The molecule has 3 aromatic rings. The minimum Gasteiger partial charge on any atom is -0.377 e. The molecule has 2 aromatic carbocycles. The van der Waals surface area contributed by atoms with Crippen molar-refractivity contribution in [1.82, 2.24) is 8.96 Å². The number of benzene rings is 2. The van der Waals surface area contributed by atoms with Crippen molar-refractivity contribution in [2.75, 3.05) is 19.0 Å². The molecule has 21 heavy (non-hydrogen) atoms. The molecular weight excluding hydrogens is 286 g/mol. The van der Waals surface area contributed by atoms with Crippen LogP contribution >= 0.6 is 0 Å². The number of aromatic nitrogens is 2. The molecule has 0 bridgehead atoms. The summed E-state index contributed by atoms with van der Waals surface area (Å²) < 4.78 is 26.5. The van der Waals surface area contributed by atoms with Crippen molar-refractivity contribution in [2.45, 2.75) is 4.90 Å². The molecule has 5 nitrogen and oxygen atoms in total. The van der Waals surface area contributed by atoms with Crippen LogP contribution in [0.25, 0.3) is 10.8 Å². The van der Waals surface area contributed by atoms with Crippen LogP contribution in [-0.2, 0) is 10.0 Å². The lowest BCUT2D eigenvalue weighted by Gasteiger charge is -2.17. The zero-order valence-electron chi connectivity index (χ0n) is 11.8. The molecule has 0 saturated heterocycles. The largest absolute Gasteiger partial charge is 0.377 e. The predicted octanol–water partition coefficient (Wildman–Crippen LogP) is 2.34. The van der Waals surface area contributed by atoms with Gasteiger partial charge in [-0.25, -0.2) is 17.4 Å². The van der Waals surface area contributed by atoms with Crippen molar-refractivity contribution in [3.8, 4) is 0 Å². The standard InChI is InChI=1S/C15H15N3O2S/c1-17(2)14-7-3-6-13-12(14)5-4-8-15(13)21(19,20)18-10-9-16-11-18/h3-11H,1-2H3. The molecule has 0 amide bonds. The van der Waals surface area contributed by atoms with E-state index in [0.717, 1.165) is 15.0 Å². The van der Waals surface area contributed by atoms with Gasteiger partial charge in [-0.15, -0.1) is 0 Å². The number of rotatable bonds is 3. The molecule has 1 aromatic heterocycles. The maximum absolute atomic E-state index is 12.7. The Morgan fingerprint density at radius 2 is 1.76 bits per heavy atom. The molecule has 108 valence electrons. The Bertz CT molecular complexity index is 884. The second-order valence-corrected chi connectivity index (χ2v) is 6.73. The van der Waals surface area contributed by atoms with E-state index in [1.165, 1.54) is 18.7 Å². The van der Waals surface area contributed by atoms with Gasteiger partial charge in [0, 0.05) is 42.9 Å². The van der Waals surface area contributed by atoms with Crippen molar-refractivity contribution in [1.29, 1.82) is 0 Å². The summed E-state index contributed by atoms with van der Waals surface area (Å²) in [5, 5.41) is 1.61. The minimum atomic E-state index is -3.63. The molecule has 6 heteroatoms. The third kappa shape index (κ3) is 2.17. The highest BCUT2D eigenvalue weighted by molar-refractivity contribution is 7.90. The molecule has 0 atom stereocenters. The van der Waals surface area contributed by atoms with E-state index in [4.69, 9.17) is 0 Å². The Morgan fingerprint density at radius 3 is 2.43 bits per heavy atom. The summed E-state index contributed by atoms with van der Waals surface area (Å²) in [7, 11) is 0.244. The van der Waals surface area contributed by atoms with Crippen molar-refractivity contribution in [3.63, 3.8) is 0 Å². The quantitative estimate of drug-likeness (QED) is 0.745. The van der Waals surface area contributed by atoms with Gasteiger partial charge in [0.2, 0.25) is 0 Å². The van der Waals surface area contributed by atoms with Gasteiger partial charge in [0.05, 0.1) is 4.90 Å². The average molecular weight is 301 g/mol. The Kier molecular flexibility index (Phi) is 3.17. The van der Waals surface area contributed by atoms with E-state index in [1.807, 2.05) is 43.3 Å². The zero-order valence-corrected chi connectivity index (χ0v) is 12.6. The molecule has 1 heterocycles. The molecule has 0 spiro atoms. The number of nitrogens with zero attached hydrogens (tertiary/aromatic N) is 3. The highest BCUT2D eigenvalue weighted by atomic mass is 32.2. The normalized spacial score (nSPS) is 11.7. The molecule has 0 saturated carbocycles. The monoisotopic (exact) mass is 301 g/mol. The summed E-state index contributed by atoms with van der Waals surface area (Å²) in [6, 6.07) is 11.0. The van der Waals surface area contributed by atoms with Crippen LogP contribution in [0.2, 0.25) is 0 Å². The second-order valence-electron chi connectivity index (χ2n) is 4.92. The van der Waals surface area contributed by atoms with E-state index in [1.54, 1.807) is 12.1 Å². The number of anilines is 1. The van der Waals surface area contributed by atoms with Crippen molar-refractivity contribution < 1.29 is 8.42 Å². The van der Waals surface area contributed by atoms with Crippen LogP contribution in [-0.4, -0.2) is 31.5 Å². The first-order valence-corrected chi connectivity index (χ1v) is 7.88. The lowest BCUT2D eigenvalue weighted by Crippen LogP contribution is -2.12. The Balaban J connectivity index is 2.33. The van der Waals surface area contributed by atoms with E-state index >= 15 is 0 Å². The first kappa shape index (κ1) is 13.6. The number of hydrogen-bond acceptors (Lipinski definition) is 4. The molecule has 0 aliphatic rings. The molecule has 0 radical (unpaired) electrons. The van der Waals surface area contributed by atoms with Gasteiger partial charge in [-0.1, -0.05) is 24.3 Å². The van der Waals surface area contributed by atoms with E-state index in [-0.39, 0.29) is 4.90 Å². The van der Waals surface area contributed by atoms with E-state index in [9.17, 15) is 8.42 Å². The van der Waals surface area contributed by atoms with Crippen LogP contribution < -0.4 is 4.90 Å².